The van der Waals surface area contributed by atoms with E-state index in [1.165, 1.54) is 6.07 Å². The van der Waals surface area contributed by atoms with Gasteiger partial charge in [-0.3, -0.25) is 9.69 Å². The average Bonchev–Trinajstić information content (AvgIpc) is 2.41. The first-order valence-corrected chi connectivity index (χ1v) is 6.78. The lowest BCUT2D eigenvalue weighted by atomic mass is 9.89. The highest BCUT2D eigenvalue weighted by Gasteiger charge is 2.26. The third-order valence-electron chi connectivity index (χ3n) is 4.02. The van der Waals surface area contributed by atoms with E-state index >= 15 is 0 Å². The van der Waals surface area contributed by atoms with Gasteiger partial charge in [-0.05, 0) is 56.8 Å². The van der Waals surface area contributed by atoms with Gasteiger partial charge in [-0.25, -0.2) is 4.39 Å². The van der Waals surface area contributed by atoms with E-state index in [-0.39, 0.29) is 5.82 Å². The second kappa shape index (κ2) is 6.15. The number of carboxylic acids is 1. The standard InChI is InChI=1S/C15H20FNO2/c1-11(15(18)19)17-8-6-12(7-9-17)10-13-4-2-3-5-14(13)16/h2-5,11-12H,6-10H2,1H3,(H,18,19). The van der Waals surface area contributed by atoms with Gasteiger partial charge in [-0.2, -0.15) is 0 Å². The maximum Gasteiger partial charge on any atom is 0.320 e. The molecule has 0 radical (unpaired) electrons. The summed E-state index contributed by atoms with van der Waals surface area (Å²) >= 11 is 0. The van der Waals surface area contributed by atoms with Gasteiger partial charge in [-0.1, -0.05) is 18.2 Å². The highest BCUT2D eigenvalue weighted by Crippen LogP contribution is 2.23. The minimum atomic E-state index is -0.771. The minimum Gasteiger partial charge on any atom is -0.480 e. The summed E-state index contributed by atoms with van der Waals surface area (Å²) in [4.78, 5) is 12.9. The maximum absolute atomic E-state index is 13.6. The number of halogens is 1. The molecule has 0 aliphatic carbocycles. The molecule has 1 heterocycles. The largest absolute Gasteiger partial charge is 0.480 e. The monoisotopic (exact) mass is 265 g/mol. The normalized spacial score (nSPS) is 19.3. The lowest BCUT2D eigenvalue weighted by Gasteiger charge is -2.34. The number of nitrogens with zero attached hydrogens (tertiary/aromatic N) is 1. The molecule has 0 saturated carbocycles. The Morgan fingerprint density at radius 1 is 1.42 bits per heavy atom. The molecule has 1 fully saturated rings. The van der Waals surface area contributed by atoms with Crippen LogP contribution in [0.2, 0.25) is 0 Å². The van der Waals surface area contributed by atoms with E-state index in [4.69, 9.17) is 5.11 Å². The molecular weight excluding hydrogens is 245 g/mol. The molecule has 1 N–H and O–H groups in total. The van der Waals surface area contributed by atoms with Crippen molar-refractivity contribution in [2.75, 3.05) is 13.1 Å². The fraction of sp³-hybridized carbons (Fsp3) is 0.533. The van der Waals surface area contributed by atoms with E-state index in [1.807, 2.05) is 17.0 Å². The van der Waals surface area contributed by atoms with Crippen LogP contribution in [0.25, 0.3) is 0 Å². The predicted molar refractivity (Wildman–Crippen MR) is 71.5 cm³/mol. The van der Waals surface area contributed by atoms with Crippen molar-refractivity contribution in [3.05, 3.63) is 35.6 Å². The van der Waals surface area contributed by atoms with Gasteiger partial charge in [0.25, 0.3) is 0 Å². The summed E-state index contributed by atoms with van der Waals surface area (Å²) in [6.45, 7) is 3.29. The third-order valence-corrected chi connectivity index (χ3v) is 4.02. The molecule has 1 aromatic rings. The predicted octanol–water partition coefficient (Wildman–Crippen LogP) is 2.55. The van der Waals surface area contributed by atoms with Crippen LogP contribution in [0.15, 0.2) is 24.3 Å². The Morgan fingerprint density at radius 3 is 2.63 bits per heavy atom. The number of hydrogen-bond donors (Lipinski definition) is 1. The summed E-state index contributed by atoms with van der Waals surface area (Å²) in [5, 5.41) is 8.98. The molecule has 1 aromatic carbocycles. The van der Waals surface area contributed by atoms with Gasteiger partial charge < -0.3 is 5.11 Å². The molecule has 0 bridgehead atoms. The Balaban J connectivity index is 1.87. The van der Waals surface area contributed by atoms with Crippen LogP contribution < -0.4 is 0 Å². The van der Waals surface area contributed by atoms with Crippen molar-refractivity contribution in [2.24, 2.45) is 5.92 Å². The van der Waals surface area contributed by atoms with Gasteiger partial charge in [0.1, 0.15) is 11.9 Å². The molecule has 1 unspecified atom stereocenters. The zero-order valence-electron chi connectivity index (χ0n) is 11.2. The van der Waals surface area contributed by atoms with Crippen LogP contribution >= 0.6 is 0 Å². The highest BCUT2D eigenvalue weighted by molar-refractivity contribution is 5.72. The minimum absolute atomic E-state index is 0.135. The summed E-state index contributed by atoms with van der Waals surface area (Å²) in [6.07, 6.45) is 2.62. The van der Waals surface area contributed by atoms with E-state index in [1.54, 1.807) is 13.0 Å². The molecule has 0 spiro atoms. The Bertz CT molecular complexity index is 442. The fourth-order valence-electron chi connectivity index (χ4n) is 2.68. The molecule has 1 aliphatic rings. The lowest BCUT2D eigenvalue weighted by molar-refractivity contribution is -0.143. The maximum atomic E-state index is 13.6. The van der Waals surface area contributed by atoms with Crippen LogP contribution in [0.5, 0.6) is 0 Å². The van der Waals surface area contributed by atoms with E-state index in [2.05, 4.69) is 0 Å². The molecule has 1 aliphatic heterocycles. The molecule has 1 atom stereocenters. The van der Waals surface area contributed by atoms with E-state index < -0.39 is 12.0 Å². The number of aliphatic carboxylic acids is 1. The molecule has 4 heteroatoms. The van der Waals surface area contributed by atoms with Crippen molar-refractivity contribution in [3.8, 4) is 0 Å². The second-order valence-electron chi connectivity index (χ2n) is 5.29. The van der Waals surface area contributed by atoms with Crippen LogP contribution in [0.3, 0.4) is 0 Å². The summed E-state index contributed by atoms with van der Waals surface area (Å²) in [6, 6.07) is 6.48. The van der Waals surface area contributed by atoms with Crippen LogP contribution in [0.1, 0.15) is 25.3 Å². The number of carboxylic acid groups (broad SMARTS) is 1. The molecule has 3 nitrogen and oxygen atoms in total. The zero-order chi connectivity index (χ0) is 13.8. The topological polar surface area (TPSA) is 40.5 Å². The fourth-order valence-corrected chi connectivity index (χ4v) is 2.68. The summed E-state index contributed by atoms with van der Waals surface area (Å²) in [5.41, 5.74) is 0.771. The second-order valence-corrected chi connectivity index (χ2v) is 5.29. The molecule has 19 heavy (non-hydrogen) atoms. The number of benzene rings is 1. The van der Waals surface area contributed by atoms with Gasteiger partial charge in [0.15, 0.2) is 0 Å². The average molecular weight is 265 g/mol. The Kier molecular flexibility index (Phi) is 4.53. The van der Waals surface area contributed by atoms with Gasteiger partial charge in [0, 0.05) is 0 Å². The number of carbonyl (C=O) groups is 1. The SMILES string of the molecule is CC(C(=O)O)N1CCC(Cc2ccccc2F)CC1. The molecule has 2 rings (SSSR count). The van der Waals surface area contributed by atoms with Crippen LogP contribution in [0.4, 0.5) is 4.39 Å². The first-order chi connectivity index (χ1) is 9.08. The van der Waals surface area contributed by atoms with Crippen molar-refractivity contribution in [2.45, 2.75) is 32.2 Å². The summed E-state index contributed by atoms with van der Waals surface area (Å²) in [5.74, 6) is -0.453. The van der Waals surface area contributed by atoms with Gasteiger partial charge in [0.05, 0.1) is 0 Å². The first-order valence-electron chi connectivity index (χ1n) is 6.78. The highest BCUT2D eigenvalue weighted by atomic mass is 19.1. The van der Waals surface area contributed by atoms with Crippen molar-refractivity contribution >= 4 is 5.97 Å². The molecular formula is C15H20FNO2. The lowest BCUT2D eigenvalue weighted by Crippen LogP contribution is -2.44. The van der Waals surface area contributed by atoms with Crippen LogP contribution in [-0.4, -0.2) is 35.1 Å². The van der Waals surface area contributed by atoms with Crippen LogP contribution in [0, 0.1) is 11.7 Å². The van der Waals surface area contributed by atoms with Crippen molar-refractivity contribution in [1.82, 2.24) is 4.90 Å². The van der Waals surface area contributed by atoms with Crippen LogP contribution in [-0.2, 0) is 11.2 Å². The van der Waals surface area contributed by atoms with E-state index in [9.17, 15) is 9.18 Å². The van der Waals surface area contributed by atoms with Gasteiger partial charge >= 0.3 is 5.97 Å². The van der Waals surface area contributed by atoms with Crippen molar-refractivity contribution < 1.29 is 14.3 Å². The smallest absolute Gasteiger partial charge is 0.320 e. The Hall–Kier alpha value is -1.42. The third kappa shape index (κ3) is 3.53. The molecule has 1 saturated heterocycles. The molecule has 0 amide bonds. The number of rotatable bonds is 4. The number of hydrogen-bond acceptors (Lipinski definition) is 2. The Morgan fingerprint density at radius 2 is 2.05 bits per heavy atom. The zero-order valence-corrected chi connectivity index (χ0v) is 11.2. The Labute approximate surface area is 113 Å². The summed E-state index contributed by atoms with van der Waals surface area (Å²) in [7, 11) is 0. The van der Waals surface area contributed by atoms with E-state index in [0.29, 0.717) is 5.92 Å². The van der Waals surface area contributed by atoms with Crippen molar-refractivity contribution in [1.29, 1.82) is 0 Å². The van der Waals surface area contributed by atoms with Crippen molar-refractivity contribution in [3.63, 3.8) is 0 Å². The van der Waals surface area contributed by atoms with Gasteiger partial charge in [-0.15, -0.1) is 0 Å². The number of likely N-dealkylation sites (tertiary alicyclic amines) is 1. The van der Waals surface area contributed by atoms with Gasteiger partial charge in [0.2, 0.25) is 0 Å². The van der Waals surface area contributed by atoms with E-state index in [0.717, 1.165) is 37.9 Å². The molecule has 104 valence electrons. The number of piperidine rings is 1. The molecule has 0 aromatic heterocycles. The first kappa shape index (κ1) is 14.0. The quantitative estimate of drug-likeness (QED) is 0.909. The summed E-state index contributed by atoms with van der Waals surface area (Å²) < 4.78 is 13.6.